The van der Waals surface area contributed by atoms with Gasteiger partial charge in [0.05, 0.1) is 22.7 Å². The van der Waals surface area contributed by atoms with Crippen LogP contribution in [0.2, 0.25) is 10.0 Å². The minimum Gasteiger partial charge on any atom is -0.465 e. The van der Waals surface area contributed by atoms with E-state index in [4.69, 9.17) is 27.9 Å². The van der Waals surface area contributed by atoms with E-state index >= 15 is 0 Å². The predicted octanol–water partition coefficient (Wildman–Crippen LogP) is 4.34. The van der Waals surface area contributed by atoms with Gasteiger partial charge in [0.15, 0.2) is 0 Å². The summed E-state index contributed by atoms with van der Waals surface area (Å²) in [6.45, 7) is 1.73. The predicted molar refractivity (Wildman–Crippen MR) is 86.9 cm³/mol. The summed E-state index contributed by atoms with van der Waals surface area (Å²) in [5, 5.41) is 3.42. The van der Waals surface area contributed by atoms with Crippen LogP contribution in [0.5, 0.6) is 0 Å². The molecule has 1 N–H and O–H groups in total. The number of methoxy groups -OCH3 is 1. The van der Waals surface area contributed by atoms with Crippen molar-refractivity contribution in [2.75, 3.05) is 12.4 Å². The van der Waals surface area contributed by atoms with Gasteiger partial charge in [0.25, 0.3) is 5.91 Å². The Kier molecular flexibility index (Phi) is 5.06. The first-order chi connectivity index (χ1) is 10.4. The first kappa shape index (κ1) is 16.3. The fourth-order valence-electron chi connectivity index (χ4n) is 1.93. The molecule has 0 saturated heterocycles. The summed E-state index contributed by atoms with van der Waals surface area (Å²) in [7, 11) is 1.31. The maximum Gasteiger partial charge on any atom is 0.338 e. The number of nitrogens with one attached hydrogen (secondary N) is 1. The number of carbonyl (C=O) groups excluding carboxylic acids is 2. The van der Waals surface area contributed by atoms with Crippen LogP contribution < -0.4 is 5.32 Å². The molecule has 114 valence electrons. The number of anilines is 1. The van der Waals surface area contributed by atoms with Crippen LogP contribution in [0.3, 0.4) is 0 Å². The summed E-state index contributed by atoms with van der Waals surface area (Å²) < 4.78 is 4.71. The van der Waals surface area contributed by atoms with Gasteiger partial charge in [-0.15, -0.1) is 0 Å². The third-order valence-electron chi connectivity index (χ3n) is 3.17. The quantitative estimate of drug-likeness (QED) is 0.847. The van der Waals surface area contributed by atoms with Crippen molar-refractivity contribution in [1.29, 1.82) is 0 Å². The van der Waals surface area contributed by atoms with Gasteiger partial charge in [-0.3, -0.25) is 4.79 Å². The molecule has 2 aromatic rings. The summed E-state index contributed by atoms with van der Waals surface area (Å²) in [6, 6.07) is 9.62. The highest BCUT2D eigenvalue weighted by Crippen LogP contribution is 2.24. The number of halogens is 2. The van der Waals surface area contributed by atoms with Gasteiger partial charge >= 0.3 is 5.97 Å². The second-order valence-electron chi connectivity index (χ2n) is 4.55. The minimum atomic E-state index is -0.455. The molecule has 0 radical (unpaired) electrons. The van der Waals surface area contributed by atoms with Gasteiger partial charge in [-0.2, -0.15) is 0 Å². The van der Waals surface area contributed by atoms with Crippen LogP contribution in [-0.4, -0.2) is 19.0 Å². The smallest absolute Gasteiger partial charge is 0.338 e. The van der Waals surface area contributed by atoms with Crippen molar-refractivity contribution in [2.45, 2.75) is 6.92 Å². The Morgan fingerprint density at radius 1 is 1.09 bits per heavy atom. The van der Waals surface area contributed by atoms with E-state index in [1.807, 2.05) is 0 Å². The highest BCUT2D eigenvalue weighted by atomic mass is 35.5. The SMILES string of the molecule is COC(=O)c1cccc(NC(=O)c2ccc(Cl)c(Cl)c2)c1C. The molecule has 0 aromatic heterocycles. The fourth-order valence-corrected chi connectivity index (χ4v) is 2.23. The molecule has 22 heavy (non-hydrogen) atoms. The Morgan fingerprint density at radius 2 is 1.82 bits per heavy atom. The molecule has 0 aliphatic heterocycles. The van der Waals surface area contributed by atoms with E-state index in [0.29, 0.717) is 32.4 Å². The average molecular weight is 338 g/mol. The van der Waals surface area contributed by atoms with Crippen LogP contribution in [0.25, 0.3) is 0 Å². The van der Waals surface area contributed by atoms with Gasteiger partial charge in [-0.1, -0.05) is 29.3 Å². The van der Waals surface area contributed by atoms with E-state index in [2.05, 4.69) is 5.32 Å². The van der Waals surface area contributed by atoms with Crippen molar-refractivity contribution in [2.24, 2.45) is 0 Å². The van der Waals surface area contributed by atoms with E-state index < -0.39 is 5.97 Å². The monoisotopic (exact) mass is 337 g/mol. The van der Waals surface area contributed by atoms with Crippen molar-refractivity contribution in [1.82, 2.24) is 0 Å². The number of carbonyl (C=O) groups is 2. The Balaban J connectivity index is 2.28. The summed E-state index contributed by atoms with van der Waals surface area (Å²) in [5.74, 6) is -0.799. The Hall–Kier alpha value is -2.04. The van der Waals surface area contributed by atoms with Gasteiger partial charge in [0.2, 0.25) is 0 Å². The van der Waals surface area contributed by atoms with E-state index in [1.165, 1.54) is 13.2 Å². The highest BCUT2D eigenvalue weighted by Gasteiger charge is 2.14. The van der Waals surface area contributed by atoms with Crippen LogP contribution in [0.4, 0.5) is 5.69 Å². The molecule has 0 aliphatic rings. The summed E-state index contributed by atoms with van der Waals surface area (Å²) >= 11 is 11.7. The van der Waals surface area contributed by atoms with Gasteiger partial charge in [0.1, 0.15) is 0 Å². The summed E-state index contributed by atoms with van der Waals surface area (Å²) in [5.41, 5.74) is 1.92. The molecular weight excluding hydrogens is 325 g/mol. The molecule has 0 unspecified atom stereocenters. The zero-order valence-electron chi connectivity index (χ0n) is 11.9. The lowest BCUT2D eigenvalue weighted by Gasteiger charge is -2.11. The van der Waals surface area contributed by atoms with Crippen molar-refractivity contribution in [3.63, 3.8) is 0 Å². The van der Waals surface area contributed by atoms with Crippen LogP contribution in [0, 0.1) is 6.92 Å². The molecule has 6 heteroatoms. The number of benzene rings is 2. The van der Waals surface area contributed by atoms with Gasteiger partial charge in [0, 0.05) is 11.3 Å². The van der Waals surface area contributed by atoms with Crippen LogP contribution in [0.15, 0.2) is 36.4 Å². The minimum absolute atomic E-state index is 0.300. The number of ether oxygens (including phenoxy) is 1. The standard InChI is InChI=1S/C16H13Cl2NO3/c1-9-11(16(21)22-2)4-3-5-14(9)19-15(20)10-6-7-12(17)13(18)8-10/h3-8H,1-2H3,(H,19,20). The van der Waals surface area contributed by atoms with Crippen LogP contribution >= 0.6 is 23.2 Å². The first-order valence-corrected chi connectivity index (χ1v) is 7.14. The molecule has 0 bridgehead atoms. The second-order valence-corrected chi connectivity index (χ2v) is 5.37. The molecule has 0 heterocycles. The molecule has 4 nitrogen and oxygen atoms in total. The maximum absolute atomic E-state index is 12.3. The Morgan fingerprint density at radius 3 is 2.45 bits per heavy atom. The number of amides is 1. The zero-order valence-corrected chi connectivity index (χ0v) is 13.5. The lowest BCUT2D eigenvalue weighted by atomic mass is 10.1. The van der Waals surface area contributed by atoms with E-state index in [9.17, 15) is 9.59 Å². The van der Waals surface area contributed by atoms with E-state index in [1.54, 1.807) is 37.3 Å². The normalized spacial score (nSPS) is 10.2. The van der Waals surface area contributed by atoms with Gasteiger partial charge < -0.3 is 10.1 Å². The largest absolute Gasteiger partial charge is 0.465 e. The second kappa shape index (κ2) is 6.81. The van der Waals surface area contributed by atoms with Crippen molar-refractivity contribution in [3.8, 4) is 0 Å². The van der Waals surface area contributed by atoms with Crippen molar-refractivity contribution >= 4 is 40.8 Å². The molecule has 2 aromatic carbocycles. The first-order valence-electron chi connectivity index (χ1n) is 6.38. The Bertz CT molecular complexity index is 744. The third kappa shape index (κ3) is 3.40. The molecule has 0 saturated carbocycles. The summed E-state index contributed by atoms with van der Waals surface area (Å²) in [6.07, 6.45) is 0. The van der Waals surface area contributed by atoms with Crippen molar-refractivity contribution in [3.05, 3.63) is 63.1 Å². The molecular formula is C16H13Cl2NO3. The fraction of sp³-hybridized carbons (Fsp3) is 0.125. The molecule has 0 aliphatic carbocycles. The number of esters is 1. The lowest BCUT2D eigenvalue weighted by molar-refractivity contribution is 0.0599. The van der Waals surface area contributed by atoms with Gasteiger partial charge in [-0.25, -0.2) is 4.79 Å². The van der Waals surface area contributed by atoms with E-state index in [-0.39, 0.29) is 5.91 Å². The highest BCUT2D eigenvalue weighted by molar-refractivity contribution is 6.42. The lowest BCUT2D eigenvalue weighted by Crippen LogP contribution is -2.14. The average Bonchev–Trinajstić information content (AvgIpc) is 2.51. The molecule has 0 spiro atoms. The maximum atomic E-state index is 12.3. The summed E-state index contributed by atoms with van der Waals surface area (Å²) in [4.78, 5) is 23.9. The third-order valence-corrected chi connectivity index (χ3v) is 3.91. The Labute approximate surface area is 138 Å². The number of rotatable bonds is 3. The van der Waals surface area contributed by atoms with Crippen LogP contribution in [-0.2, 0) is 4.74 Å². The molecule has 2 rings (SSSR count). The van der Waals surface area contributed by atoms with Crippen LogP contribution in [0.1, 0.15) is 26.3 Å². The number of hydrogen-bond acceptors (Lipinski definition) is 3. The van der Waals surface area contributed by atoms with Crippen molar-refractivity contribution < 1.29 is 14.3 Å². The molecule has 0 atom stereocenters. The van der Waals surface area contributed by atoms with E-state index in [0.717, 1.165) is 0 Å². The molecule has 0 fully saturated rings. The zero-order chi connectivity index (χ0) is 16.3. The topological polar surface area (TPSA) is 55.4 Å². The number of hydrogen-bond donors (Lipinski definition) is 1. The van der Waals surface area contributed by atoms with Gasteiger partial charge in [-0.05, 0) is 42.8 Å². The molecule has 1 amide bonds.